The van der Waals surface area contributed by atoms with Gasteiger partial charge < -0.3 is 19.9 Å². The number of nitrogens with zero attached hydrogens (tertiary/aromatic N) is 2. The van der Waals surface area contributed by atoms with Crippen LogP contribution in [0.4, 0.5) is 10.5 Å². The molecule has 8 nitrogen and oxygen atoms in total. The summed E-state index contributed by atoms with van der Waals surface area (Å²) in [7, 11) is 1.62. The highest BCUT2D eigenvalue weighted by Gasteiger charge is 2.26. The number of urea groups is 1. The van der Waals surface area contributed by atoms with Crippen molar-refractivity contribution in [2.45, 2.75) is 39.2 Å². The Morgan fingerprint density at radius 2 is 1.90 bits per heavy atom. The maximum absolute atomic E-state index is 12.6. The molecule has 1 aromatic rings. The Balaban J connectivity index is 1.89. The molecular weight excluding hydrogens is 396 g/mol. The van der Waals surface area contributed by atoms with Gasteiger partial charge in [-0.25, -0.2) is 4.79 Å². The molecule has 2 N–H and O–H groups in total. The molecule has 0 saturated carbocycles. The van der Waals surface area contributed by atoms with Gasteiger partial charge in [0, 0.05) is 49.2 Å². The summed E-state index contributed by atoms with van der Waals surface area (Å²) in [6.45, 7) is 8.22. The normalized spacial score (nSPS) is 14.4. The maximum atomic E-state index is 12.6. The van der Waals surface area contributed by atoms with Gasteiger partial charge in [-0.3, -0.25) is 14.9 Å². The summed E-state index contributed by atoms with van der Waals surface area (Å²) in [5.41, 5.74) is 1.36. The van der Waals surface area contributed by atoms with Crippen LogP contribution in [0, 0.1) is 6.92 Å². The zero-order chi connectivity index (χ0) is 21.6. The molecular formula is C20H29ClN4O4. The highest BCUT2D eigenvalue weighted by atomic mass is 35.5. The molecule has 0 spiro atoms. The van der Waals surface area contributed by atoms with Crippen LogP contribution in [0.3, 0.4) is 0 Å². The summed E-state index contributed by atoms with van der Waals surface area (Å²) in [6, 6.07) is 3.26. The maximum Gasteiger partial charge on any atom is 0.321 e. The Hall–Kier alpha value is -2.48. The zero-order valence-electron chi connectivity index (χ0n) is 17.4. The Morgan fingerprint density at radius 3 is 2.48 bits per heavy atom. The fourth-order valence-electron chi connectivity index (χ4n) is 3.29. The molecule has 2 rings (SSSR count). The first-order valence-corrected chi connectivity index (χ1v) is 9.94. The number of ether oxygens (including phenoxy) is 1. The molecule has 29 heavy (non-hydrogen) atoms. The van der Waals surface area contributed by atoms with Gasteiger partial charge in [-0.2, -0.15) is 0 Å². The number of anilines is 1. The van der Waals surface area contributed by atoms with E-state index in [1.165, 1.54) is 0 Å². The number of rotatable bonds is 7. The second kappa shape index (κ2) is 9.82. The van der Waals surface area contributed by atoms with Gasteiger partial charge in [-0.05, 0) is 38.8 Å². The predicted molar refractivity (Wildman–Crippen MR) is 113 cm³/mol. The third kappa shape index (κ3) is 6.25. The van der Waals surface area contributed by atoms with Gasteiger partial charge in [-0.15, -0.1) is 0 Å². The second-order valence-corrected chi connectivity index (χ2v) is 8.15. The standard InChI is InChI=1S/C20H29ClN4O4/c1-14-11-16(17(29-4)12-15(14)21)24-7-9-25(10-8-24)18(27)5-6-20(2,3)23-19(28)22-13-26/h11-13H,5-10H2,1-4H3,(H2,22,23,26,28). The lowest BCUT2D eigenvalue weighted by Crippen LogP contribution is -2.50. The molecule has 1 saturated heterocycles. The van der Waals surface area contributed by atoms with Crippen molar-refractivity contribution in [2.24, 2.45) is 0 Å². The van der Waals surface area contributed by atoms with Gasteiger partial charge in [0.05, 0.1) is 12.8 Å². The molecule has 160 valence electrons. The largest absolute Gasteiger partial charge is 0.495 e. The summed E-state index contributed by atoms with van der Waals surface area (Å²) >= 11 is 6.19. The fraction of sp³-hybridized carbons (Fsp3) is 0.550. The molecule has 0 bridgehead atoms. The summed E-state index contributed by atoms with van der Waals surface area (Å²) < 4.78 is 5.47. The van der Waals surface area contributed by atoms with Gasteiger partial charge >= 0.3 is 6.03 Å². The molecule has 0 aromatic heterocycles. The molecule has 1 aliphatic heterocycles. The van der Waals surface area contributed by atoms with E-state index in [4.69, 9.17) is 16.3 Å². The number of benzene rings is 1. The third-order valence-electron chi connectivity index (χ3n) is 5.04. The van der Waals surface area contributed by atoms with Crippen molar-refractivity contribution in [1.29, 1.82) is 0 Å². The van der Waals surface area contributed by atoms with E-state index in [-0.39, 0.29) is 5.91 Å². The van der Waals surface area contributed by atoms with E-state index in [1.54, 1.807) is 7.11 Å². The van der Waals surface area contributed by atoms with Crippen LogP contribution in [0.15, 0.2) is 12.1 Å². The van der Waals surface area contributed by atoms with Gasteiger partial charge in [0.15, 0.2) is 0 Å². The number of imide groups is 1. The monoisotopic (exact) mass is 424 g/mol. The van der Waals surface area contributed by atoms with E-state index >= 15 is 0 Å². The average Bonchev–Trinajstić information content (AvgIpc) is 2.68. The Bertz CT molecular complexity index is 761. The SMILES string of the molecule is COc1cc(Cl)c(C)cc1N1CCN(C(=O)CCC(C)(C)NC(=O)NC=O)CC1. The van der Waals surface area contributed by atoms with E-state index < -0.39 is 11.6 Å². The van der Waals surface area contributed by atoms with Gasteiger partial charge in [0.2, 0.25) is 12.3 Å². The number of hydrogen-bond acceptors (Lipinski definition) is 5. The van der Waals surface area contributed by atoms with E-state index in [1.807, 2.05) is 43.1 Å². The summed E-state index contributed by atoms with van der Waals surface area (Å²) in [5.74, 6) is 0.774. The molecule has 1 aliphatic rings. The van der Waals surface area contributed by atoms with Crippen molar-refractivity contribution in [3.8, 4) is 5.75 Å². The molecule has 1 aromatic carbocycles. The minimum Gasteiger partial charge on any atom is -0.495 e. The number of carbonyl (C=O) groups excluding carboxylic acids is 3. The minimum absolute atomic E-state index is 0.0505. The van der Waals surface area contributed by atoms with Crippen LogP contribution in [-0.4, -0.2) is 62.1 Å². The van der Waals surface area contributed by atoms with Crippen molar-refractivity contribution >= 4 is 35.6 Å². The molecule has 0 radical (unpaired) electrons. The lowest BCUT2D eigenvalue weighted by molar-refractivity contribution is -0.131. The van der Waals surface area contributed by atoms with E-state index in [2.05, 4.69) is 10.2 Å². The first-order chi connectivity index (χ1) is 13.7. The summed E-state index contributed by atoms with van der Waals surface area (Å²) in [4.78, 5) is 38.5. The number of hydrogen-bond donors (Lipinski definition) is 2. The molecule has 1 fully saturated rings. The van der Waals surface area contributed by atoms with Crippen LogP contribution in [-0.2, 0) is 9.59 Å². The quantitative estimate of drug-likeness (QED) is 0.655. The number of methoxy groups -OCH3 is 1. The van der Waals surface area contributed by atoms with Crippen LogP contribution in [0.1, 0.15) is 32.3 Å². The van der Waals surface area contributed by atoms with Crippen LogP contribution < -0.4 is 20.3 Å². The van der Waals surface area contributed by atoms with Crippen molar-refractivity contribution < 1.29 is 19.1 Å². The van der Waals surface area contributed by atoms with Crippen molar-refractivity contribution in [3.63, 3.8) is 0 Å². The van der Waals surface area contributed by atoms with Gasteiger partial charge in [-0.1, -0.05) is 11.6 Å². The zero-order valence-corrected chi connectivity index (χ0v) is 18.1. The molecule has 9 heteroatoms. The predicted octanol–water partition coefficient (Wildman–Crippen LogP) is 2.32. The number of aryl methyl sites for hydroxylation is 1. The van der Waals surface area contributed by atoms with Gasteiger partial charge in [0.1, 0.15) is 5.75 Å². The lowest BCUT2D eigenvalue weighted by Gasteiger charge is -2.37. The molecule has 0 aliphatic carbocycles. The van der Waals surface area contributed by atoms with Crippen LogP contribution in [0.2, 0.25) is 5.02 Å². The Labute approximate surface area is 176 Å². The van der Waals surface area contributed by atoms with Crippen molar-refractivity contribution in [2.75, 3.05) is 38.2 Å². The molecule has 4 amide bonds. The highest BCUT2D eigenvalue weighted by Crippen LogP contribution is 2.34. The van der Waals surface area contributed by atoms with Crippen LogP contribution >= 0.6 is 11.6 Å². The molecule has 1 heterocycles. The number of halogens is 1. The van der Waals surface area contributed by atoms with E-state index in [9.17, 15) is 14.4 Å². The number of nitrogens with one attached hydrogen (secondary N) is 2. The van der Waals surface area contributed by atoms with Crippen LogP contribution in [0.5, 0.6) is 5.75 Å². The van der Waals surface area contributed by atoms with Crippen molar-refractivity contribution in [3.05, 3.63) is 22.7 Å². The lowest BCUT2D eigenvalue weighted by atomic mass is 9.98. The topological polar surface area (TPSA) is 91.0 Å². The smallest absolute Gasteiger partial charge is 0.321 e. The molecule has 0 atom stereocenters. The Morgan fingerprint density at radius 1 is 1.24 bits per heavy atom. The Kier molecular flexibility index (Phi) is 7.73. The van der Waals surface area contributed by atoms with E-state index in [0.717, 1.165) is 17.0 Å². The summed E-state index contributed by atoms with van der Waals surface area (Å²) in [5, 5.41) is 5.39. The number of carbonyl (C=O) groups is 3. The molecule has 0 unspecified atom stereocenters. The van der Waals surface area contributed by atoms with Crippen molar-refractivity contribution in [1.82, 2.24) is 15.5 Å². The first-order valence-electron chi connectivity index (χ1n) is 9.56. The van der Waals surface area contributed by atoms with Gasteiger partial charge in [0.25, 0.3) is 0 Å². The second-order valence-electron chi connectivity index (χ2n) is 7.74. The number of piperazine rings is 1. The highest BCUT2D eigenvalue weighted by molar-refractivity contribution is 6.31. The average molecular weight is 425 g/mol. The van der Waals surface area contributed by atoms with Crippen LogP contribution in [0.25, 0.3) is 0 Å². The summed E-state index contributed by atoms with van der Waals surface area (Å²) in [6.07, 6.45) is 1.12. The number of amides is 4. The first kappa shape index (κ1) is 22.8. The fourth-order valence-corrected chi connectivity index (χ4v) is 3.45. The third-order valence-corrected chi connectivity index (χ3v) is 5.45. The van der Waals surface area contributed by atoms with E-state index in [0.29, 0.717) is 50.5 Å². The minimum atomic E-state index is -0.598.